The Labute approximate surface area is 130 Å². The molecule has 0 aliphatic carbocycles. The molecule has 0 fully saturated rings. The van der Waals surface area contributed by atoms with Gasteiger partial charge >= 0.3 is 0 Å². The van der Waals surface area contributed by atoms with E-state index < -0.39 is 0 Å². The zero-order valence-corrected chi connectivity index (χ0v) is 12.2. The first kappa shape index (κ1) is 14.7. The summed E-state index contributed by atoms with van der Waals surface area (Å²) < 4.78 is 1.11. The molecule has 2 aromatic heterocycles. The van der Waals surface area contributed by atoms with Gasteiger partial charge < -0.3 is 5.32 Å². The van der Waals surface area contributed by atoms with Crippen molar-refractivity contribution in [1.82, 2.24) is 14.8 Å². The van der Waals surface area contributed by atoms with Crippen molar-refractivity contribution in [1.29, 1.82) is 0 Å². The van der Waals surface area contributed by atoms with Gasteiger partial charge in [-0.1, -0.05) is 18.2 Å². The summed E-state index contributed by atoms with van der Waals surface area (Å²) in [5.41, 5.74) is 0.572. The van der Waals surface area contributed by atoms with Crippen molar-refractivity contribution in [2.24, 2.45) is 0 Å². The first-order chi connectivity index (χ1) is 11.1. The summed E-state index contributed by atoms with van der Waals surface area (Å²) in [6.07, 6.45) is 1.72. The summed E-state index contributed by atoms with van der Waals surface area (Å²) in [5, 5.41) is 6.09. The van der Waals surface area contributed by atoms with Crippen LogP contribution in [-0.4, -0.2) is 20.7 Å². The fourth-order valence-electron chi connectivity index (χ4n) is 2.26. The normalized spacial score (nSPS) is 10.6. The Hall–Kier alpha value is -3.22. The van der Waals surface area contributed by atoms with Crippen molar-refractivity contribution in [3.63, 3.8) is 0 Å². The van der Waals surface area contributed by atoms with E-state index in [1.54, 1.807) is 12.3 Å². The smallest absolute Gasteiger partial charge is 0.265 e. The highest BCUT2D eigenvalue weighted by atomic mass is 16.2. The molecule has 0 saturated heterocycles. The number of para-hydroxylation sites is 1. The molecular weight excluding hydrogens is 296 g/mol. The lowest BCUT2D eigenvalue weighted by Gasteiger charge is -2.08. The summed E-state index contributed by atoms with van der Waals surface area (Å²) >= 11 is 0. The fraction of sp³-hybridized carbons (Fsp3) is 0.125. The number of aromatic nitrogens is 3. The molecule has 23 heavy (non-hydrogen) atoms. The largest absolute Gasteiger partial charge is 0.324 e. The van der Waals surface area contributed by atoms with Gasteiger partial charge in [0.2, 0.25) is 5.91 Å². The first-order valence-corrected chi connectivity index (χ1v) is 7.07. The van der Waals surface area contributed by atoms with Crippen LogP contribution < -0.4 is 16.4 Å². The molecule has 0 radical (unpaired) electrons. The maximum atomic E-state index is 12.1. The molecule has 7 nitrogen and oxygen atoms in total. The molecule has 1 amide bonds. The van der Waals surface area contributed by atoms with Crippen LogP contribution in [0.4, 0.5) is 5.69 Å². The molecule has 2 N–H and O–H groups in total. The number of nitrogens with one attached hydrogen (secondary N) is 2. The van der Waals surface area contributed by atoms with E-state index in [0.29, 0.717) is 11.2 Å². The number of amides is 1. The standard InChI is InChI=1S/C16H14N4O3/c21-13(8-10-20-15(23)7-6-14(22)19-20)18-12-5-1-3-11-4-2-9-17-16(11)12/h1-7,9H,8,10H2,(H,18,21)(H,19,22). The van der Waals surface area contributed by atoms with E-state index in [1.165, 1.54) is 6.07 Å². The van der Waals surface area contributed by atoms with Crippen LogP contribution in [0.15, 0.2) is 58.3 Å². The number of nitrogens with zero attached hydrogens (tertiary/aromatic N) is 2. The highest BCUT2D eigenvalue weighted by Crippen LogP contribution is 2.20. The Balaban J connectivity index is 1.73. The molecule has 3 rings (SSSR count). The highest BCUT2D eigenvalue weighted by molar-refractivity contribution is 6.00. The Kier molecular flexibility index (Phi) is 4.01. The van der Waals surface area contributed by atoms with Gasteiger partial charge in [-0.15, -0.1) is 0 Å². The topological polar surface area (TPSA) is 96.9 Å². The van der Waals surface area contributed by atoms with E-state index >= 15 is 0 Å². The van der Waals surface area contributed by atoms with Crippen molar-refractivity contribution >= 4 is 22.5 Å². The first-order valence-electron chi connectivity index (χ1n) is 7.07. The van der Waals surface area contributed by atoms with Crippen LogP contribution in [0.1, 0.15) is 6.42 Å². The number of hydrogen-bond acceptors (Lipinski definition) is 4. The van der Waals surface area contributed by atoms with Crippen LogP contribution in [-0.2, 0) is 11.3 Å². The van der Waals surface area contributed by atoms with E-state index in [4.69, 9.17) is 0 Å². The Morgan fingerprint density at radius 1 is 1.13 bits per heavy atom. The van der Waals surface area contributed by atoms with Crippen molar-refractivity contribution in [2.75, 3.05) is 5.32 Å². The average Bonchev–Trinajstić information content (AvgIpc) is 2.56. The number of H-pyrrole nitrogens is 1. The molecule has 2 heterocycles. The van der Waals surface area contributed by atoms with Crippen LogP contribution in [0.3, 0.4) is 0 Å². The minimum atomic E-state index is -0.386. The van der Waals surface area contributed by atoms with Crippen LogP contribution in [0.5, 0.6) is 0 Å². The van der Waals surface area contributed by atoms with Crippen LogP contribution in [0.25, 0.3) is 10.9 Å². The van der Waals surface area contributed by atoms with Crippen molar-refractivity contribution in [3.05, 3.63) is 69.4 Å². The van der Waals surface area contributed by atoms with Gasteiger partial charge in [-0.05, 0) is 12.1 Å². The van der Waals surface area contributed by atoms with Gasteiger partial charge in [0.15, 0.2) is 0 Å². The van der Waals surface area contributed by atoms with E-state index in [1.807, 2.05) is 24.3 Å². The van der Waals surface area contributed by atoms with E-state index in [2.05, 4.69) is 15.4 Å². The zero-order valence-electron chi connectivity index (χ0n) is 12.2. The molecule has 0 unspecified atom stereocenters. The monoisotopic (exact) mass is 310 g/mol. The van der Waals surface area contributed by atoms with E-state index in [9.17, 15) is 14.4 Å². The number of carbonyl (C=O) groups excluding carboxylic acids is 1. The molecule has 7 heteroatoms. The number of aryl methyl sites for hydroxylation is 1. The van der Waals surface area contributed by atoms with Gasteiger partial charge in [0, 0.05) is 30.1 Å². The summed E-state index contributed by atoms with van der Waals surface area (Å²) in [4.78, 5) is 39.1. The molecular formula is C16H14N4O3. The average molecular weight is 310 g/mol. The van der Waals surface area contributed by atoms with Gasteiger partial charge in [-0.25, -0.2) is 4.68 Å². The number of anilines is 1. The lowest BCUT2D eigenvalue weighted by molar-refractivity contribution is -0.116. The van der Waals surface area contributed by atoms with Crippen LogP contribution in [0.2, 0.25) is 0 Å². The SMILES string of the molecule is O=C(CCn1[nH]c(=O)ccc1=O)Nc1cccc2cccnc12. The fourth-order valence-corrected chi connectivity index (χ4v) is 2.26. The van der Waals surface area contributed by atoms with Crippen molar-refractivity contribution in [3.8, 4) is 0 Å². The summed E-state index contributed by atoms with van der Waals surface area (Å²) in [5.74, 6) is -0.264. The van der Waals surface area contributed by atoms with Gasteiger partial charge in [0.05, 0.1) is 17.7 Å². The van der Waals surface area contributed by atoms with E-state index in [0.717, 1.165) is 16.1 Å². The third-order valence-electron chi connectivity index (χ3n) is 3.36. The van der Waals surface area contributed by atoms with Crippen molar-refractivity contribution in [2.45, 2.75) is 13.0 Å². The summed E-state index contributed by atoms with van der Waals surface area (Å²) in [7, 11) is 0. The van der Waals surface area contributed by atoms with Gasteiger partial charge in [0.25, 0.3) is 11.1 Å². The number of fused-ring (bicyclic) bond motifs is 1. The molecule has 116 valence electrons. The maximum absolute atomic E-state index is 12.1. The highest BCUT2D eigenvalue weighted by Gasteiger charge is 2.07. The number of pyridine rings is 1. The molecule has 0 aliphatic heterocycles. The van der Waals surface area contributed by atoms with Gasteiger partial charge in [-0.2, -0.15) is 0 Å². The molecule has 0 spiro atoms. The minimum absolute atomic E-state index is 0.0586. The molecule has 0 bridgehead atoms. The third kappa shape index (κ3) is 3.34. The Bertz CT molecular complexity index is 969. The second-order valence-corrected chi connectivity index (χ2v) is 4.98. The predicted octanol–water partition coefficient (Wildman–Crippen LogP) is 1.11. The van der Waals surface area contributed by atoms with Crippen LogP contribution >= 0.6 is 0 Å². The zero-order chi connectivity index (χ0) is 16.2. The van der Waals surface area contributed by atoms with Gasteiger partial charge in [0.1, 0.15) is 0 Å². The number of rotatable bonds is 4. The molecule has 0 saturated carbocycles. The summed E-state index contributed by atoms with van der Waals surface area (Å²) in [6.45, 7) is 0.0962. The molecule has 1 aromatic carbocycles. The lowest BCUT2D eigenvalue weighted by atomic mass is 10.2. The Morgan fingerprint density at radius 2 is 1.96 bits per heavy atom. The third-order valence-corrected chi connectivity index (χ3v) is 3.36. The summed E-state index contributed by atoms with van der Waals surface area (Å²) in [6, 6.07) is 11.6. The van der Waals surface area contributed by atoms with Crippen LogP contribution in [0, 0.1) is 0 Å². The predicted molar refractivity (Wildman–Crippen MR) is 86.3 cm³/mol. The number of carbonyl (C=O) groups is 1. The number of hydrogen-bond donors (Lipinski definition) is 2. The van der Waals surface area contributed by atoms with E-state index in [-0.39, 0.29) is 30.0 Å². The number of aromatic amines is 1. The second kappa shape index (κ2) is 6.27. The maximum Gasteiger partial charge on any atom is 0.265 e. The van der Waals surface area contributed by atoms with Gasteiger partial charge in [-0.3, -0.25) is 24.5 Å². The quantitative estimate of drug-likeness (QED) is 0.754. The molecule has 3 aromatic rings. The lowest BCUT2D eigenvalue weighted by Crippen LogP contribution is -2.29. The molecule has 0 atom stereocenters. The second-order valence-electron chi connectivity index (χ2n) is 4.98. The van der Waals surface area contributed by atoms with Crippen molar-refractivity contribution < 1.29 is 4.79 Å². The number of benzene rings is 1. The Morgan fingerprint density at radius 3 is 2.83 bits per heavy atom. The minimum Gasteiger partial charge on any atom is -0.324 e. The molecule has 0 aliphatic rings.